The predicted octanol–water partition coefficient (Wildman–Crippen LogP) is 2.54. The average molecular weight is 344 g/mol. The minimum Gasteiger partial charge on any atom is -0.478 e. The molecule has 0 N–H and O–H groups in total. The van der Waals surface area contributed by atoms with Gasteiger partial charge < -0.3 is 9.64 Å². The molecule has 2 fully saturated rings. The van der Waals surface area contributed by atoms with E-state index in [1.807, 2.05) is 10.9 Å². The smallest absolute Gasteiger partial charge is 0.263 e. The molecule has 25 heavy (non-hydrogen) atoms. The first-order valence-corrected chi connectivity index (χ1v) is 8.73. The number of hydrogen-bond acceptors (Lipinski definition) is 4. The summed E-state index contributed by atoms with van der Waals surface area (Å²) in [6.07, 6.45) is 4.51. The normalized spacial score (nSPS) is 21.4. The lowest BCUT2D eigenvalue weighted by molar-refractivity contribution is -0.137. The second-order valence-electron chi connectivity index (χ2n) is 6.81. The monoisotopic (exact) mass is 344 g/mol. The Morgan fingerprint density at radius 3 is 2.88 bits per heavy atom. The van der Waals surface area contributed by atoms with E-state index in [1.54, 1.807) is 24.0 Å². The summed E-state index contributed by atoms with van der Waals surface area (Å²) in [5.74, 6) is 0.0801. The van der Waals surface area contributed by atoms with E-state index in [2.05, 4.69) is 10.3 Å². The van der Waals surface area contributed by atoms with E-state index < -0.39 is 11.9 Å². The molecule has 2 aliphatic rings. The number of carbonyl (C=O) groups is 1. The highest BCUT2D eigenvalue weighted by atomic mass is 19.1. The summed E-state index contributed by atoms with van der Waals surface area (Å²) in [5, 5.41) is 8.46. The molecule has 1 aromatic carbocycles. The molecular weight excluding hydrogens is 323 g/mol. The maximum Gasteiger partial charge on any atom is 0.263 e. The van der Waals surface area contributed by atoms with Crippen molar-refractivity contribution in [2.45, 2.75) is 44.2 Å². The lowest BCUT2D eigenvalue weighted by atomic mass is 10.2. The quantitative estimate of drug-likeness (QED) is 0.836. The molecule has 132 valence electrons. The summed E-state index contributed by atoms with van der Waals surface area (Å²) in [7, 11) is 0. The number of rotatable bonds is 5. The number of carbonyl (C=O) groups excluding carboxylic acids is 1. The maximum absolute atomic E-state index is 13.7. The van der Waals surface area contributed by atoms with E-state index in [1.165, 1.54) is 25.0 Å². The number of nitrogens with zero attached hydrogens (tertiary/aromatic N) is 4. The van der Waals surface area contributed by atoms with Crippen LogP contribution in [0, 0.1) is 5.82 Å². The van der Waals surface area contributed by atoms with Gasteiger partial charge in [-0.3, -0.25) is 4.79 Å². The van der Waals surface area contributed by atoms with E-state index in [-0.39, 0.29) is 17.7 Å². The molecule has 0 radical (unpaired) electrons. The Labute approximate surface area is 145 Å². The highest BCUT2D eigenvalue weighted by Gasteiger charge is 2.33. The van der Waals surface area contributed by atoms with Gasteiger partial charge in [-0.05, 0) is 38.3 Å². The predicted molar refractivity (Wildman–Crippen MR) is 88.7 cm³/mol. The zero-order chi connectivity index (χ0) is 17.4. The maximum atomic E-state index is 13.7. The Morgan fingerprint density at radius 1 is 1.32 bits per heavy atom. The van der Waals surface area contributed by atoms with Crippen molar-refractivity contribution in [3.8, 4) is 5.75 Å². The first kappa shape index (κ1) is 16.1. The van der Waals surface area contributed by atoms with Gasteiger partial charge in [0.1, 0.15) is 0 Å². The Hall–Kier alpha value is -2.44. The molecule has 1 saturated carbocycles. The Kier molecular flexibility index (Phi) is 4.15. The summed E-state index contributed by atoms with van der Waals surface area (Å²) < 4.78 is 21.1. The number of para-hydroxylation sites is 1. The molecule has 1 aliphatic carbocycles. The van der Waals surface area contributed by atoms with Crippen LogP contribution in [0.1, 0.15) is 43.8 Å². The second kappa shape index (κ2) is 6.46. The number of amides is 1. The Morgan fingerprint density at radius 2 is 2.12 bits per heavy atom. The van der Waals surface area contributed by atoms with Gasteiger partial charge in [-0.15, -0.1) is 5.10 Å². The fraction of sp³-hybridized carbons (Fsp3) is 0.500. The van der Waals surface area contributed by atoms with E-state index in [0.29, 0.717) is 19.0 Å². The number of benzene rings is 1. The van der Waals surface area contributed by atoms with E-state index in [9.17, 15) is 9.18 Å². The van der Waals surface area contributed by atoms with Crippen LogP contribution >= 0.6 is 0 Å². The van der Waals surface area contributed by atoms with Gasteiger partial charge in [0.2, 0.25) is 0 Å². The van der Waals surface area contributed by atoms with E-state index in [0.717, 1.165) is 12.1 Å². The topological polar surface area (TPSA) is 60.2 Å². The highest BCUT2D eigenvalue weighted by Crippen LogP contribution is 2.39. The fourth-order valence-electron chi connectivity index (χ4n) is 3.23. The zero-order valence-electron chi connectivity index (χ0n) is 14.1. The summed E-state index contributed by atoms with van der Waals surface area (Å²) in [6, 6.07) is 6.27. The third-order valence-corrected chi connectivity index (χ3v) is 4.86. The summed E-state index contributed by atoms with van der Waals surface area (Å²) >= 11 is 0. The minimum atomic E-state index is -0.728. The first-order chi connectivity index (χ1) is 12.1. The molecule has 4 rings (SSSR count). The van der Waals surface area contributed by atoms with Crippen LogP contribution in [-0.4, -0.2) is 45.0 Å². The molecule has 0 bridgehead atoms. The summed E-state index contributed by atoms with van der Waals surface area (Å²) in [5.41, 5.74) is 1.06. The standard InChI is InChI=1S/C18H21FN4O2/c1-12(25-17-5-3-2-4-15(17)19)18(24)22-9-8-14(10-22)23-11-16(20-21-23)13-6-7-13/h2-5,11-14H,6-10H2,1H3/t12-,14+/m1/s1. The van der Waals surface area contributed by atoms with Crippen molar-refractivity contribution in [3.05, 3.63) is 42.0 Å². The molecule has 2 aromatic rings. The third-order valence-electron chi connectivity index (χ3n) is 4.86. The Bertz CT molecular complexity index is 774. The number of halogens is 1. The van der Waals surface area contributed by atoms with Crippen molar-refractivity contribution in [2.24, 2.45) is 0 Å². The number of likely N-dealkylation sites (tertiary alicyclic amines) is 1. The van der Waals surface area contributed by atoms with Crippen molar-refractivity contribution in [3.63, 3.8) is 0 Å². The van der Waals surface area contributed by atoms with Crippen molar-refractivity contribution >= 4 is 5.91 Å². The van der Waals surface area contributed by atoms with Crippen molar-refractivity contribution < 1.29 is 13.9 Å². The van der Waals surface area contributed by atoms with Gasteiger partial charge in [0, 0.05) is 25.2 Å². The van der Waals surface area contributed by atoms with Gasteiger partial charge >= 0.3 is 0 Å². The van der Waals surface area contributed by atoms with Crippen molar-refractivity contribution in [2.75, 3.05) is 13.1 Å². The van der Waals surface area contributed by atoms with Crippen LogP contribution in [0.2, 0.25) is 0 Å². The molecule has 0 unspecified atom stereocenters. The van der Waals surface area contributed by atoms with Crippen LogP contribution in [0.25, 0.3) is 0 Å². The molecule has 1 saturated heterocycles. The molecule has 2 atom stereocenters. The number of aromatic nitrogens is 3. The van der Waals surface area contributed by atoms with Crippen LogP contribution in [0.3, 0.4) is 0 Å². The minimum absolute atomic E-state index is 0.101. The van der Waals surface area contributed by atoms with E-state index in [4.69, 9.17) is 4.74 Å². The largest absolute Gasteiger partial charge is 0.478 e. The molecule has 1 aromatic heterocycles. The number of ether oxygens (including phenoxy) is 1. The van der Waals surface area contributed by atoms with Gasteiger partial charge in [0.25, 0.3) is 5.91 Å². The summed E-state index contributed by atoms with van der Waals surface area (Å²) in [4.78, 5) is 14.4. The SMILES string of the molecule is C[C@@H](Oc1ccccc1F)C(=O)N1CC[C@H](n2cc(C3CC3)nn2)C1. The van der Waals surface area contributed by atoms with Gasteiger partial charge in [0.05, 0.1) is 11.7 Å². The molecule has 0 spiro atoms. The van der Waals surface area contributed by atoms with Crippen molar-refractivity contribution in [1.82, 2.24) is 19.9 Å². The van der Waals surface area contributed by atoms with Crippen LogP contribution in [0.5, 0.6) is 5.75 Å². The number of hydrogen-bond donors (Lipinski definition) is 0. The van der Waals surface area contributed by atoms with Crippen LogP contribution < -0.4 is 4.74 Å². The average Bonchev–Trinajstić information content (AvgIpc) is 3.15. The van der Waals surface area contributed by atoms with Crippen molar-refractivity contribution in [1.29, 1.82) is 0 Å². The van der Waals surface area contributed by atoms with Gasteiger partial charge in [0.15, 0.2) is 17.7 Å². The van der Waals surface area contributed by atoms with Crippen LogP contribution in [-0.2, 0) is 4.79 Å². The highest BCUT2D eigenvalue weighted by molar-refractivity contribution is 5.81. The molecule has 1 amide bonds. The van der Waals surface area contributed by atoms with Crippen LogP contribution in [0.4, 0.5) is 4.39 Å². The van der Waals surface area contributed by atoms with Gasteiger partial charge in [-0.1, -0.05) is 17.3 Å². The lowest BCUT2D eigenvalue weighted by Gasteiger charge is -2.22. The zero-order valence-corrected chi connectivity index (χ0v) is 14.1. The first-order valence-electron chi connectivity index (χ1n) is 8.73. The van der Waals surface area contributed by atoms with E-state index >= 15 is 0 Å². The molecule has 2 heterocycles. The fourth-order valence-corrected chi connectivity index (χ4v) is 3.23. The Balaban J connectivity index is 1.37. The lowest BCUT2D eigenvalue weighted by Crippen LogP contribution is -2.39. The molecule has 1 aliphatic heterocycles. The molecular formula is C18H21FN4O2. The third kappa shape index (κ3) is 3.36. The van der Waals surface area contributed by atoms with Gasteiger partial charge in [-0.2, -0.15) is 0 Å². The molecule has 6 nitrogen and oxygen atoms in total. The second-order valence-corrected chi connectivity index (χ2v) is 6.81. The molecule has 7 heteroatoms. The van der Waals surface area contributed by atoms with Gasteiger partial charge in [-0.25, -0.2) is 9.07 Å². The van der Waals surface area contributed by atoms with Crippen LogP contribution in [0.15, 0.2) is 30.5 Å². The summed E-state index contributed by atoms with van der Waals surface area (Å²) in [6.45, 7) is 2.88.